The monoisotopic (exact) mass is 427 g/mol. The van der Waals surface area contributed by atoms with Crippen LogP contribution in [0.15, 0.2) is 22.7 Å². The van der Waals surface area contributed by atoms with Crippen molar-refractivity contribution in [1.29, 1.82) is 0 Å². The van der Waals surface area contributed by atoms with Gasteiger partial charge in [0.25, 0.3) is 0 Å². The summed E-state index contributed by atoms with van der Waals surface area (Å²) >= 11 is 0. The van der Waals surface area contributed by atoms with Crippen LogP contribution in [0.4, 0.5) is 0 Å². The van der Waals surface area contributed by atoms with Gasteiger partial charge >= 0.3 is 0 Å². The van der Waals surface area contributed by atoms with Gasteiger partial charge in [0.1, 0.15) is 13.2 Å². The first-order chi connectivity index (χ1) is 14.8. The lowest BCUT2D eigenvalue weighted by atomic mass is 9.88. The lowest BCUT2D eigenvalue weighted by Gasteiger charge is -2.31. The topological polar surface area (TPSA) is 94.8 Å². The number of amides is 1. The maximum Gasteiger partial charge on any atom is 0.227 e. The number of carbonyl (C=O) groups excluding carboxylic acids is 2. The van der Waals surface area contributed by atoms with Crippen LogP contribution in [0.5, 0.6) is 11.5 Å². The van der Waals surface area contributed by atoms with Crippen molar-refractivity contribution in [3.8, 4) is 11.5 Å². The van der Waals surface area contributed by atoms with Crippen molar-refractivity contribution in [2.24, 2.45) is 5.92 Å². The Balaban J connectivity index is 1.27. The highest BCUT2D eigenvalue weighted by Crippen LogP contribution is 2.32. The molecule has 31 heavy (non-hydrogen) atoms. The van der Waals surface area contributed by atoms with E-state index in [0.29, 0.717) is 80.8 Å². The van der Waals surface area contributed by atoms with Crippen molar-refractivity contribution in [2.75, 3.05) is 26.3 Å². The molecule has 1 fully saturated rings. The normalized spacial score (nSPS) is 16.9. The molecule has 1 saturated heterocycles. The summed E-state index contributed by atoms with van der Waals surface area (Å²) in [4.78, 5) is 31.7. The number of rotatable bonds is 5. The predicted molar refractivity (Wildman–Crippen MR) is 112 cm³/mol. The van der Waals surface area contributed by atoms with Crippen LogP contribution in [0.1, 0.15) is 62.1 Å². The van der Waals surface area contributed by atoms with E-state index in [0.717, 1.165) is 0 Å². The molecule has 2 aliphatic heterocycles. The molecular weight excluding hydrogens is 398 g/mol. The number of hydrogen-bond acceptors (Lipinski definition) is 7. The van der Waals surface area contributed by atoms with Crippen LogP contribution in [0.25, 0.3) is 0 Å². The predicted octanol–water partition coefficient (Wildman–Crippen LogP) is 3.19. The van der Waals surface area contributed by atoms with Crippen LogP contribution in [0.3, 0.4) is 0 Å². The third kappa shape index (κ3) is 4.89. The summed E-state index contributed by atoms with van der Waals surface area (Å²) in [6, 6.07) is 5.36. The molecule has 8 heteroatoms. The zero-order valence-corrected chi connectivity index (χ0v) is 18.3. The summed E-state index contributed by atoms with van der Waals surface area (Å²) in [5.74, 6) is 2.51. The maximum atomic E-state index is 12.9. The third-order valence-corrected chi connectivity index (χ3v) is 5.74. The summed E-state index contributed by atoms with van der Waals surface area (Å²) in [6.07, 6.45) is 2.08. The number of likely N-dealkylation sites (tertiary alicyclic amines) is 1. The number of nitrogens with zero attached hydrogens (tertiary/aromatic N) is 3. The molecule has 0 spiro atoms. The minimum absolute atomic E-state index is 0.0562. The van der Waals surface area contributed by atoms with Gasteiger partial charge < -0.3 is 18.9 Å². The van der Waals surface area contributed by atoms with Gasteiger partial charge in [0.2, 0.25) is 11.8 Å². The van der Waals surface area contributed by atoms with Crippen molar-refractivity contribution < 1.29 is 23.6 Å². The summed E-state index contributed by atoms with van der Waals surface area (Å²) in [6.45, 7) is 8.23. The first-order valence-corrected chi connectivity index (χ1v) is 10.9. The van der Waals surface area contributed by atoms with Gasteiger partial charge in [0.15, 0.2) is 23.1 Å². The van der Waals surface area contributed by atoms with E-state index in [1.807, 2.05) is 25.7 Å². The molecule has 2 aromatic rings. The molecular formula is C23H29N3O5. The molecule has 2 aliphatic rings. The number of ketones is 1. The lowest BCUT2D eigenvalue weighted by molar-refractivity contribution is -0.132. The van der Waals surface area contributed by atoms with E-state index in [-0.39, 0.29) is 23.0 Å². The number of fused-ring (bicyclic) bond motifs is 1. The molecule has 0 unspecified atom stereocenters. The number of hydrogen-bond donors (Lipinski definition) is 0. The Kier molecular flexibility index (Phi) is 5.98. The van der Waals surface area contributed by atoms with Gasteiger partial charge in [-0.05, 0) is 31.0 Å². The highest BCUT2D eigenvalue weighted by molar-refractivity contribution is 5.98. The van der Waals surface area contributed by atoms with E-state index in [4.69, 9.17) is 14.0 Å². The smallest absolute Gasteiger partial charge is 0.227 e. The summed E-state index contributed by atoms with van der Waals surface area (Å²) in [5.41, 5.74) is 0.456. The van der Waals surface area contributed by atoms with Crippen LogP contribution < -0.4 is 9.47 Å². The summed E-state index contributed by atoms with van der Waals surface area (Å²) in [7, 11) is 0. The number of aromatic nitrogens is 2. The second-order valence-electron chi connectivity index (χ2n) is 9.14. The highest BCUT2D eigenvalue weighted by atomic mass is 16.6. The van der Waals surface area contributed by atoms with E-state index >= 15 is 0 Å². The highest BCUT2D eigenvalue weighted by Gasteiger charge is 2.29. The SMILES string of the molecule is CC(C)(C)c1noc(CCC(=O)N2CCC(C(=O)c3ccc4c(c3)OCCO4)CC2)n1. The molecule has 1 aromatic heterocycles. The van der Waals surface area contributed by atoms with Gasteiger partial charge in [-0.15, -0.1) is 0 Å². The van der Waals surface area contributed by atoms with Gasteiger partial charge in [0.05, 0.1) is 0 Å². The molecule has 0 saturated carbocycles. The van der Waals surface area contributed by atoms with Crippen LogP contribution in [-0.2, 0) is 16.6 Å². The zero-order chi connectivity index (χ0) is 22.0. The zero-order valence-electron chi connectivity index (χ0n) is 18.3. The van der Waals surface area contributed by atoms with Gasteiger partial charge in [-0.1, -0.05) is 25.9 Å². The van der Waals surface area contributed by atoms with Gasteiger partial charge in [0, 0.05) is 42.8 Å². The fourth-order valence-electron chi connectivity index (χ4n) is 3.86. The standard InChI is InChI=1S/C23H29N3O5/c1-23(2,3)22-24-19(31-25-22)6-7-20(27)26-10-8-15(9-11-26)21(28)16-4-5-17-18(14-16)30-13-12-29-17/h4-5,14-15H,6-13H2,1-3H3. The van der Waals surface area contributed by atoms with Crippen LogP contribution in [0, 0.1) is 5.92 Å². The molecule has 1 aromatic carbocycles. The third-order valence-electron chi connectivity index (χ3n) is 5.74. The van der Waals surface area contributed by atoms with Crippen molar-refractivity contribution in [2.45, 2.75) is 51.9 Å². The summed E-state index contributed by atoms with van der Waals surface area (Å²) in [5, 5.41) is 4.00. The summed E-state index contributed by atoms with van der Waals surface area (Å²) < 4.78 is 16.4. The Morgan fingerprint density at radius 1 is 1.10 bits per heavy atom. The lowest BCUT2D eigenvalue weighted by Crippen LogP contribution is -2.40. The van der Waals surface area contributed by atoms with Crippen LogP contribution in [0.2, 0.25) is 0 Å². The van der Waals surface area contributed by atoms with E-state index in [9.17, 15) is 9.59 Å². The van der Waals surface area contributed by atoms with Crippen LogP contribution in [-0.4, -0.2) is 53.0 Å². The fourth-order valence-corrected chi connectivity index (χ4v) is 3.86. The Morgan fingerprint density at radius 3 is 2.48 bits per heavy atom. The molecule has 0 atom stereocenters. The van der Waals surface area contributed by atoms with Crippen molar-refractivity contribution in [1.82, 2.24) is 15.0 Å². The van der Waals surface area contributed by atoms with Gasteiger partial charge in [-0.25, -0.2) is 0 Å². The van der Waals surface area contributed by atoms with E-state index in [2.05, 4.69) is 10.1 Å². The first-order valence-electron chi connectivity index (χ1n) is 10.9. The number of Topliss-reactive ketones (excluding diaryl/α,β-unsaturated/α-hetero) is 1. The van der Waals surface area contributed by atoms with Crippen molar-refractivity contribution in [3.63, 3.8) is 0 Å². The van der Waals surface area contributed by atoms with E-state index in [1.54, 1.807) is 18.2 Å². The van der Waals surface area contributed by atoms with Gasteiger partial charge in [-0.2, -0.15) is 4.98 Å². The minimum atomic E-state index is -0.183. The minimum Gasteiger partial charge on any atom is -0.486 e. The average Bonchev–Trinajstić information content (AvgIpc) is 3.26. The number of benzene rings is 1. The first kappa shape index (κ1) is 21.3. The molecule has 166 valence electrons. The molecule has 4 rings (SSSR count). The molecule has 3 heterocycles. The quantitative estimate of drug-likeness (QED) is 0.676. The Morgan fingerprint density at radius 2 is 1.81 bits per heavy atom. The fraction of sp³-hybridized carbons (Fsp3) is 0.565. The van der Waals surface area contributed by atoms with E-state index in [1.165, 1.54) is 0 Å². The second kappa shape index (κ2) is 8.69. The second-order valence-corrected chi connectivity index (χ2v) is 9.14. The Labute approximate surface area is 181 Å². The Bertz CT molecular complexity index is 954. The molecule has 0 N–H and O–H groups in total. The maximum absolute atomic E-state index is 12.9. The number of ether oxygens (including phenoxy) is 2. The largest absolute Gasteiger partial charge is 0.486 e. The molecule has 1 amide bonds. The van der Waals surface area contributed by atoms with Crippen LogP contribution >= 0.6 is 0 Å². The molecule has 0 aliphatic carbocycles. The van der Waals surface area contributed by atoms with Crippen molar-refractivity contribution >= 4 is 11.7 Å². The molecule has 0 radical (unpaired) electrons. The number of aryl methyl sites for hydroxylation is 1. The molecule has 0 bridgehead atoms. The average molecular weight is 428 g/mol. The van der Waals surface area contributed by atoms with Crippen molar-refractivity contribution in [3.05, 3.63) is 35.5 Å². The number of piperidine rings is 1. The molecule has 8 nitrogen and oxygen atoms in total. The van der Waals surface area contributed by atoms with Gasteiger partial charge in [-0.3, -0.25) is 9.59 Å². The Hall–Kier alpha value is -2.90. The van der Waals surface area contributed by atoms with E-state index < -0.39 is 0 Å². The number of carbonyl (C=O) groups is 2.